The minimum absolute atomic E-state index is 0.188. The summed E-state index contributed by atoms with van der Waals surface area (Å²) in [6.45, 7) is 0. The summed E-state index contributed by atoms with van der Waals surface area (Å²) >= 11 is 0. The first-order chi connectivity index (χ1) is 11.7. The number of benzene rings is 2. The molecule has 3 aromatic rings. The van der Waals surface area contributed by atoms with E-state index in [1.54, 1.807) is 36.4 Å². The number of hydrogen-bond acceptors (Lipinski definition) is 5. The van der Waals surface area contributed by atoms with E-state index in [4.69, 9.17) is 0 Å². The molecule has 1 N–H and O–H groups in total. The van der Waals surface area contributed by atoms with E-state index >= 15 is 0 Å². The van der Waals surface area contributed by atoms with Crippen molar-refractivity contribution in [2.24, 2.45) is 5.16 Å². The van der Waals surface area contributed by atoms with Crippen LogP contribution in [0.4, 0.5) is 4.39 Å². The van der Waals surface area contributed by atoms with Crippen LogP contribution in [-0.4, -0.2) is 26.7 Å². The van der Waals surface area contributed by atoms with Gasteiger partial charge in [-0.2, -0.15) is 0 Å². The predicted molar refractivity (Wildman–Crippen MR) is 86.5 cm³/mol. The summed E-state index contributed by atoms with van der Waals surface area (Å²) in [5, 5.41) is 12.4. The zero-order chi connectivity index (χ0) is 16.9. The molecule has 0 amide bonds. The van der Waals surface area contributed by atoms with Crippen molar-refractivity contribution in [2.75, 3.05) is 0 Å². The van der Waals surface area contributed by atoms with Crippen LogP contribution in [0.15, 0.2) is 72.3 Å². The number of aromatic nitrogens is 2. The minimum Gasteiger partial charge on any atom is -0.410 e. The Morgan fingerprint density at radius 3 is 2.46 bits per heavy atom. The first kappa shape index (κ1) is 15.5. The molecule has 5 nitrogen and oxygen atoms in total. The summed E-state index contributed by atoms with van der Waals surface area (Å²) in [6.07, 6.45) is 2.71. The Hall–Kier alpha value is -3.41. The fraction of sp³-hybridized carbons (Fsp3) is 0. The number of carbonyl (C=O) groups excluding carboxylic acids is 1. The highest BCUT2D eigenvalue weighted by molar-refractivity contribution is 6.51. The van der Waals surface area contributed by atoms with Crippen molar-refractivity contribution in [3.63, 3.8) is 0 Å². The van der Waals surface area contributed by atoms with Crippen LogP contribution in [0.3, 0.4) is 0 Å². The third kappa shape index (κ3) is 3.03. The summed E-state index contributed by atoms with van der Waals surface area (Å²) in [5.41, 5.74) is 1.65. The van der Waals surface area contributed by atoms with Crippen molar-refractivity contribution < 1.29 is 14.4 Å². The molecule has 0 saturated heterocycles. The molecule has 0 fully saturated rings. The molecule has 0 radical (unpaired) electrons. The third-order valence-corrected chi connectivity index (χ3v) is 3.47. The maximum atomic E-state index is 13.1. The fourth-order valence-corrected chi connectivity index (χ4v) is 2.33. The number of rotatable bonds is 4. The maximum Gasteiger partial charge on any atom is 0.217 e. The highest BCUT2D eigenvalue weighted by Gasteiger charge is 2.21. The lowest BCUT2D eigenvalue weighted by Gasteiger charge is -2.09. The number of ketones is 1. The molecule has 0 bridgehead atoms. The molecular weight excluding hydrogens is 309 g/mol. The summed E-state index contributed by atoms with van der Waals surface area (Å²) in [4.78, 5) is 20.5. The van der Waals surface area contributed by atoms with Gasteiger partial charge in [0, 0.05) is 11.8 Å². The summed E-state index contributed by atoms with van der Waals surface area (Å²) in [6, 6.07) is 14.1. The average Bonchev–Trinajstić information content (AvgIpc) is 2.64. The molecule has 1 aromatic heterocycles. The smallest absolute Gasteiger partial charge is 0.217 e. The van der Waals surface area contributed by atoms with Crippen molar-refractivity contribution >= 4 is 11.5 Å². The molecule has 0 atom stereocenters. The summed E-state index contributed by atoms with van der Waals surface area (Å²) in [5.74, 6) is -0.850. The highest BCUT2D eigenvalue weighted by atomic mass is 19.1. The Bertz CT molecular complexity index is 894. The van der Waals surface area contributed by atoms with Gasteiger partial charge in [0.1, 0.15) is 12.1 Å². The van der Waals surface area contributed by atoms with Gasteiger partial charge in [0.15, 0.2) is 5.71 Å². The van der Waals surface area contributed by atoms with Crippen molar-refractivity contribution in [3.8, 4) is 11.1 Å². The maximum absolute atomic E-state index is 13.1. The van der Waals surface area contributed by atoms with Gasteiger partial charge in [-0.15, -0.1) is 0 Å². The molecule has 6 heteroatoms. The van der Waals surface area contributed by atoms with Crippen LogP contribution >= 0.6 is 0 Å². The molecule has 0 aliphatic carbocycles. The van der Waals surface area contributed by atoms with Gasteiger partial charge in [-0.1, -0.05) is 41.6 Å². The lowest BCUT2D eigenvalue weighted by molar-refractivity contribution is 0.106. The van der Waals surface area contributed by atoms with Crippen LogP contribution < -0.4 is 0 Å². The first-order valence-corrected chi connectivity index (χ1v) is 7.09. The van der Waals surface area contributed by atoms with Crippen LogP contribution in [0.2, 0.25) is 0 Å². The monoisotopic (exact) mass is 321 g/mol. The Balaban J connectivity index is 2.06. The van der Waals surface area contributed by atoms with E-state index < -0.39 is 5.78 Å². The van der Waals surface area contributed by atoms with E-state index in [1.807, 2.05) is 0 Å². The number of nitrogens with zero attached hydrogens (tertiary/aromatic N) is 3. The van der Waals surface area contributed by atoms with Crippen molar-refractivity contribution in [1.82, 2.24) is 9.97 Å². The molecule has 1 heterocycles. The number of oxime groups is 1. The van der Waals surface area contributed by atoms with Crippen LogP contribution in [0, 0.1) is 5.82 Å². The standard InChI is InChI=1S/C18H12FN3O2/c19-13-7-5-12(6-8-13)14-3-1-2-4-15(14)18(23)17(22-24)16-9-10-20-11-21-16/h1-11,24H. The molecule has 0 saturated carbocycles. The molecule has 0 aliphatic rings. The van der Waals surface area contributed by atoms with E-state index in [-0.39, 0.29) is 17.2 Å². The highest BCUT2D eigenvalue weighted by Crippen LogP contribution is 2.25. The zero-order valence-corrected chi connectivity index (χ0v) is 12.4. The summed E-state index contributed by atoms with van der Waals surface area (Å²) in [7, 11) is 0. The largest absolute Gasteiger partial charge is 0.410 e. The van der Waals surface area contributed by atoms with E-state index in [2.05, 4.69) is 15.1 Å². The first-order valence-electron chi connectivity index (χ1n) is 7.09. The van der Waals surface area contributed by atoms with Crippen LogP contribution in [-0.2, 0) is 0 Å². The van der Waals surface area contributed by atoms with Crippen molar-refractivity contribution in [3.05, 3.63) is 84.2 Å². The average molecular weight is 321 g/mol. The molecule has 118 valence electrons. The van der Waals surface area contributed by atoms with E-state index in [1.165, 1.54) is 30.7 Å². The Labute approximate surface area is 137 Å². The molecule has 0 unspecified atom stereocenters. The molecule has 2 aromatic carbocycles. The van der Waals surface area contributed by atoms with Gasteiger partial charge in [0.2, 0.25) is 5.78 Å². The fourth-order valence-electron chi connectivity index (χ4n) is 2.33. The van der Waals surface area contributed by atoms with Gasteiger partial charge < -0.3 is 5.21 Å². The lowest BCUT2D eigenvalue weighted by Crippen LogP contribution is -2.18. The van der Waals surface area contributed by atoms with E-state index in [0.717, 1.165) is 0 Å². The second-order valence-electron chi connectivity index (χ2n) is 4.92. The van der Waals surface area contributed by atoms with Crippen molar-refractivity contribution in [2.45, 2.75) is 0 Å². The Morgan fingerprint density at radius 1 is 1.04 bits per heavy atom. The second-order valence-corrected chi connectivity index (χ2v) is 4.92. The minimum atomic E-state index is -0.490. The predicted octanol–water partition coefficient (Wildman–Crippen LogP) is 3.34. The normalized spacial score (nSPS) is 11.3. The van der Waals surface area contributed by atoms with Crippen LogP contribution in [0.5, 0.6) is 0 Å². The van der Waals surface area contributed by atoms with Gasteiger partial charge in [0.05, 0.1) is 5.69 Å². The molecule has 0 aliphatic heterocycles. The lowest BCUT2D eigenvalue weighted by atomic mass is 9.94. The van der Waals surface area contributed by atoms with Crippen molar-refractivity contribution in [1.29, 1.82) is 0 Å². The third-order valence-electron chi connectivity index (χ3n) is 3.47. The van der Waals surface area contributed by atoms with Gasteiger partial charge in [-0.25, -0.2) is 14.4 Å². The zero-order valence-electron chi connectivity index (χ0n) is 12.4. The van der Waals surface area contributed by atoms with E-state index in [0.29, 0.717) is 16.7 Å². The Kier molecular flexibility index (Phi) is 4.38. The van der Waals surface area contributed by atoms with Gasteiger partial charge in [0.25, 0.3) is 0 Å². The topological polar surface area (TPSA) is 75.4 Å². The number of hydrogen-bond donors (Lipinski definition) is 1. The van der Waals surface area contributed by atoms with Gasteiger partial charge in [-0.05, 0) is 29.3 Å². The molecule has 24 heavy (non-hydrogen) atoms. The van der Waals surface area contributed by atoms with Crippen LogP contribution in [0.1, 0.15) is 16.1 Å². The number of carbonyl (C=O) groups is 1. The van der Waals surface area contributed by atoms with E-state index in [9.17, 15) is 14.4 Å². The number of Topliss-reactive ketones (excluding diaryl/α,β-unsaturated/α-hetero) is 1. The Morgan fingerprint density at radius 2 is 1.79 bits per heavy atom. The van der Waals surface area contributed by atoms with Gasteiger partial charge >= 0.3 is 0 Å². The molecular formula is C18H12FN3O2. The molecule has 0 spiro atoms. The van der Waals surface area contributed by atoms with Gasteiger partial charge in [-0.3, -0.25) is 4.79 Å². The SMILES string of the molecule is O=C(C(=NO)c1ccncn1)c1ccccc1-c1ccc(F)cc1. The summed E-state index contributed by atoms with van der Waals surface area (Å²) < 4.78 is 13.1. The second kappa shape index (κ2) is 6.78. The quantitative estimate of drug-likeness (QED) is 0.346. The van der Waals surface area contributed by atoms with Crippen LogP contribution in [0.25, 0.3) is 11.1 Å². The number of halogens is 1. The molecule has 3 rings (SSSR count).